The molecule has 0 spiro atoms. The van der Waals surface area contributed by atoms with E-state index in [0.717, 1.165) is 55.5 Å². The van der Waals surface area contributed by atoms with E-state index < -0.39 is 0 Å². The van der Waals surface area contributed by atoms with Gasteiger partial charge in [-0.3, -0.25) is 4.79 Å². The number of rotatable bonds is 2. The maximum Gasteiger partial charge on any atom is 0.224 e. The molecule has 20 heavy (non-hydrogen) atoms. The lowest BCUT2D eigenvalue weighted by Crippen LogP contribution is -2.30. The third kappa shape index (κ3) is 2.96. The summed E-state index contributed by atoms with van der Waals surface area (Å²) < 4.78 is 5.95. The molecule has 4 heteroatoms. The van der Waals surface area contributed by atoms with E-state index in [9.17, 15) is 9.90 Å². The standard InChI is InChI=1S/C16H21NO3/c18-14-4-2-1-3-5-15(14)20-12-8-6-11-7-9-16(19)17-13(11)10-12/h6,8,10,14-15,18H,1-5,7,9H2,(H,17,19). The molecule has 1 aliphatic carbocycles. The molecule has 0 radical (unpaired) electrons. The number of aliphatic hydroxyl groups is 1. The summed E-state index contributed by atoms with van der Waals surface area (Å²) in [7, 11) is 0. The Morgan fingerprint density at radius 2 is 2.00 bits per heavy atom. The Morgan fingerprint density at radius 3 is 2.90 bits per heavy atom. The van der Waals surface area contributed by atoms with E-state index in [1.807, 2.05) is 18.2 Å². The van der Waals surface area contributed by atoms with Crippen LogP contribution in [-0.4, -0.2) is 23.2 Å². The predicted molar refractivity (Wildman–Crippen MR) is 76.9 cm³/mol. The number of carbonyl (C=O) groups is 1. The summed E-state index contributed by atoms with van der Waals surface area (Å²) in [5, 5.41) is 13.0. The van der Waals surface area contributed by atoms with Crippen LogP contribution in [0.2, 0.25) is 0 Å². The molecule has 1 aromatic carbocycles. The van der Waals surface area contributed by atoms with Crippen LogP contribution in [0.15, 0.2) is 18.2 Å². The average molecular weight is 275 g/mol. The van der Waals surface area contributed by atoms with Crippen molar-refractivity contribution in [2.45, 2.75) is 57.2 Å². The van der Waals surface area contributed by atoms with Crippen LogP contribution >= 0.6 is 0 Å². The third-order valence-corrected chi connectivity index (χ3v) is 4.18. The number of aryl methyl sites for hydroxylation is 1. The van der Waals surface area contributed by atoms with Crippen LogP contribution < -0.4 is 10.1 Å². The van der Waals surface area contributed by atoms with Gasteiger partial charge in [-0.1, -0.05) is 18.9 Å². The molecule has 1 aromatic rings. The molecule has 0 aromatic heterocycles. The van der Waals surface area contributed by atoms with E-state index >= 15 is 0 Å². The molecule has 2 unspecified atom stereocenters. The van der Waals surface area contributed by atoms with Gasteiger partial charge in [-0.2, -0.15) is 0 Å². The normalized spacial score (nSPS) is 26.4. The van der Waals surface area contributed by atoms with Gasteiger partial charge >= 0.3 is 0 Å². The van der Waals surface area contributed by atoms with Crippen LogP contribution in [0.25, 0.3) is 0 Å². The van der Waals surface area contributed by atoms with E-state index in [1.54, 1.807) is 0 Å². The largest absolute Gasteiger partial charge is 0.488 e. The summed E-state index contributed by atoms with van der Waals surface area (Å²) in [5.41, 5.74) is 2.00. The number of benzene rings is 1. The number of fused-ring (bicyclic) bond motifs is 1. The lowest BCUT2D eigenvalue weighted by atomic mass is 10.0. The highest BCUT2D eigenvalue weighted by Gasteiger charge is 2.24. The smallest absolute Gasteiger partial charge is 0.224 e. The summed E-state index contributed by atoms with van der Waals surface area (Å²) in [6.07, 6.45) is 5.86. The Bertz CT molecular complexity index is 500. The van der Waals surface area contributed by atoms with Gasteiger partial charge in [0.2, 0.25) is 5.91 Å². The minimum Gasteiger partial charge on any atom is -0.488 e. The highest BCUT2D eigenvalue weighted by molar-refractivity contribution is 5.94. The zero-order valence-corrected chi connectivity index (χ0v) is 11.6. The van der Waals surface area contributed by atoms with E-state index in [2.05, 4.69) is 5.32 Å². The topological polar surface area (TPSA) is 58.6 Å². The molecule has 1 amide bonds. The maximum atomic E-state index is 11.4. The molecule has 1 saturated carbocycles. The molecule has 1 aliphatic heterocycles. The lowest BCUT2D eigenvalue weighted by molar-refractivity contribution is -0.116. The molecule has 0 bridgehead atoms. The number of hydrogen-bond donors (Lipinski definition) is 2. The molecule has 2 atom stereocenters. The van der Waals surface area contributed by atoms with Gasteiger partial charge in [0.1, 0.15) is 11.9 Å². The van der Waals surface area contributed by atoms with E-state index in [-0.39, 0.29) is 18.1 Å². The number of carbonyl (C=O) groups excluding carboxylic acids is 1. The predicted octanol–water partition coefficient (Wildman–Crippen LogP) is 2.64. The Morgan fingerprint density at radius 1 is 1.15 bits per heavy atom. The van der Waals surface area contributed by atoms with Gasteiger partial charge in [-0.25, -0.2) is 0 Å². The average Bonchev–Trinajstić information content (AvgIpc) is 2.64. The third-order valence-electron chi connectivity index (χ3n) is 4.18. The van der Waals surface area contributed by atoms with Crippen molar-refractivity contribution in [1.29, 1.82) is 0 Å². The first-order valence-electron chi connectivity index (χ1n) is 7.50. The number of ether oxygens (including phenoxy) is 1. The van der Waals surface area contributed by atoms with Crippen molar-refractivity contribution in [1.82, 2.24) is 0 Å². The van der Waals surface area contributed by atoms with Crippen molar-refractivity contribution in [2.75, 3.05) is 5.32 Å². The number of nitrogens with one attached hydrogen (secondary N) is 1. The minimum absolute atomic E-state index is 0.0594. The second-order valence-electron chi connectivity index (χ2n) is 5.73. The van der Waals surface area contributed by atoms with Gasteiger partial charge in [0, 0.05) is 18.2 Å². The molecule has 2 aliphatic rings. The fourth-order valence-electron chi connectivity index (χ4n) is 2.99. The van der Waals surface area contributed by atoms with Gasteiger partial charge in [-0.15, -0.1) is 0 Å². The minimum atomic E-state index is -0.386. The Labute approximate surface area is 119 Å². The number of anilines is 1. The van der Waals surface area contributed by atoms with Gasteiger partial charge in [0.25, 0.3) is 0 Å². The molecule has 1 heterocycles. The van der Waals surface area contributed by atoms with Gasteiger partial charge in [-0.05, 0) is 37.3 Å². The fraction of sp³-hybridized carbons (Fsp3) is 0.562. The van der Waals surface area contributed by atoms with Crippen LogP contribution in [0.1, 0.15) is 44.1 Å². The van der Waals surface area contributed by atoms with E-state index in [0.29, 0.717) is 6.42 Å². The van der Waals surface area contributed by atoms with E-state index in [1.165, 1.54) is 0 Å². The first kappa shape index (κ1) is 13.4. The second kappa shape index (κ2) is 5.83. The summed E-state index contributed by atoms with van der Waals surface area (Å²) in [6, 6.07) is 5.82. The van der Waals surface area contributed by atoms with Gasteiger partial charge in [0.15, 0.2) is 0 Å². The van der Waals surface area contributed by atoms with Gasteiger partial charge < -0.3 is 15.2 Å². The number of aliphatic hydroxyl groups excluding tert-OH is 1. The zero-order valence-electron chi connectivity index (χ0n) is 11.6. The Kier molecular flexibility index (Phi) is 3.92. The molecular formula is C16H21NO3. The van der Waals surface area contributed by atoms with E-state index in [4.69, 9.17) is 4.74 Å². The van der Waals surface area contributed by atoms with Crippen LogP contribution in [-0.2, 0) is 11.2 Å². The first-order valence-corrected chi connectivity index (χ1v) is 7.50. The summed E-state index contributed by atoms with van der Waals surface area (Å²) in [4.78, 5) is 11.4. The summed E-state index contributed by atoms with van der Waals surface area (Å²) >= 11 is 0. The summed E-state index contributed by atoms with van der Waals surface area (Å²) in [5.74, 6) is 0.793. The SMILES string of the molecule is O=C1CCc2ccc(OC3CCCCCC3O)cc2N1. The molecule has 0 saturated heterocycles. The molecule has 3 rings (SSSR count). The quantitative estimate of drug-likeness (QED) is 0.816. The molecule has 4 nitrogen and oxygen atoms in total. The Hall–Kier alpha value is -1.55. The summed E-state index contributed by atoms with van der Waals surface area (Å²) in [6.45, 7) is 0. The van der Waals surface area contributed by atoms with Crippen LogP contribution in [0.3, 0.4) is 0 Å². The van der Waals surface area contributed by atoms with Crippen LogP contribution in [0, 0.1) is 0 Å². The van der Waals surface area contributed by atoms with Crippen molar-refractivity contribution in [3.63, 3.8) is 0 Å². The van der Waals surface area contributed by atoms with Crippen LogP contribution in [0.5, 0.6) is 5.75 Å². The molecule has 1 fully saturated rings. The van der Waals surface area contributed by atoms with Crippen molar-refractivity contribution in [2.24, 2.45) is 0 Å². The molecule has 2 N–H and O–H groups in total. The van der Waals surface area contributed by atoms with Crippen molar-refractivity contribution in [3.8, 4) is 5.75 Å². The lowest BCUT2D eigenvalue weighted by Gasteiger charge is -2.23. The molecule has 108 valence electrons. The van der Waals surface area contributed by atoms with Crippen molar-refractivity contribution in [3.05, 3.63) is 23.8 Å². The van der Waals surface area contributed by atoms with Gasteiger partial charge in [0.05, 0.1) is 6.10 Å². The number of hydrogen-bond acceptors (Lipinski definition) is 3. The van der Waals surface area contributed by atoms with Crippen molar-refractivity contribution >= 4 is 11.6 Å². The first-order chi connectivity index (χ1) is 9.72. The maximum absolute atomic E-state index is 11.4. The zero-order chi connectivity index (χ0) is 13.9. The molecular weight excluding hydrogens is 254 g/mol. The Balaban J connectivity index is 1.74. The monoisotopic (exact) mass is 275 g/mol. The highest BCUT2D eigenvalue weighted by atomic mass is 16.5. The highest BCUT2D eigenvalue weighted by Crippen LogP contribution is 2.29. The second-order valence-corrected chi connectivity index (χ2v) is 5.73. The van der Waals surface area contributed by atoms with Crippen LogP contribution in [0.4, 0.5) is 5.69 Å². The number of amides is 1. The fourth-order valence-corrected chi connectivity index (χ4v) is 2.99. The van der Waals surface area contributed by atoms with Crippen molar-refractivity contribution < 1.29 is 14.6 Å².